The maximum absolute atomic E-state index is 15.2. The lowest BCUT2D eigenvalue weighted by atomic mass is 9.84. The molecule has 0 spiro atoms. The monoisotopic (exact) mass is 815 g/mol. The summed E-state index contributed by atoms with van der Waals surface area (Å²) < 4.78 is 30.2. The summed E-state index contributed by atoms with van der Waals surface area (Å²) in [6, 6.07) is 11.7. The number of piperazine rings is 1. The Balaban J connectivity index is 0.769. The van der Waals surface area contributed by atoms with Crippen LogP contribution < -0.4 is 25.8 Å². The van der Waals surface area contributed by atoms with Gasteiger partial charge in [-0.3, -0.25) is 19.3 Å². The first-order valence-electron chi connectivity index (χ1n) is 21.2. The number of amides is 3. The van der Waals surface area contributed by atoms with Crippen molar-refractivity contribution < 1.29 is 33.4 Å². The van der Waals surface area contributed by atoms with Crippen molar-refractivity contribution in [1.82, 2.24) is 25.1 Å². The van der Waals surface area contributed by atoms with Crippen LogP contribution in [0.15, 0.2) is 48.7 Å². The minimum Gasteiger partial charge on any atom is -0.388 e. The second kappa shape index (κ2) is 17.7. The quantitative estimate of drug-likeness (QED) is 0.200. The summed E-state index contributed by atoms with van der Waals surface area (Å²) in [5, 5.41) is 30.1. The number of aliphatic hydroxyl groups excluding tert-OH is 1. The van der Waals surface area contributed by atoms with Gasteiger partial charge in [0.1, 0.15) is 23.8 Å². The Morgan fingerprint density at radius 2 is 1.66 bits per heavy atom. The molecule has 5 heterocycles. The second-order valence-corrected chi connectivity index (χ2v) is 16.9. The number of aromatic nitrogens is 2. The van der Waals surface area contributed by atoms with Gasteiger partial charge in [0.25, 0.3) is 0 Å². The van der Waals surface area contributed by atoms with E-state index in [-0.39, 0.29) is 41.2 Å². The average molecular weight is 816 g/mol. The summed E-state index contributed by atoms with van der Waals surface area (Å²) in [5.74, 6) is -0.774. The number of nitrogens with one attached hydrogen (secondary N) is 3. The smallest absolute Gasteiger partial charge is 0.244 e. The summed E-state index contributed by atoms with van der Waals surface area (Å²) in [6.45, 7) is 4.70. The normalized spacial score (nSPS) is 25.4. The maximum Gasteiger partial charge on any atom is 0.244 e. The molecule has 16 heteroatoms. The molecule has 14 nitrogen and oxygen atoms in total. The summed E-state index contributed by atoms with van der Waals surface area (Å²) in [6.07, 6.45) is 7.47. The molecule has 0 bridgehead atoms. The van der Waals surface area contributed by atoms with Crippen molar-refractivity contribution in [3.63, 3.8) is 0 Å². The highest BCUT2D eigenvalue weighted by atomic mass is 19.1. The average Bonchev–Trinajstić information content (AvgIpc) is 3.23. The predicted molar refractivity (Wildman–Crippen MR) is 220 cm³/mol. The SMILES string of the molecule is O=C1NC(O)CCC1Nc1ccc(N2CCN(CC3(O)CCN(C(=O)C4CCC(Nc5ncc(F)c(-c6cccc(N7CCCCC7=O)c6)n5)CC4)CC3)CC2)c(F)c1. The van der Waals surface area contributed by atoms with Gasteiger partial charge < -0.3 is 40.9 Å². The van der Waals surface area contributed by atoms with Crippen LogP contribution in [0.1, 0.15) is 70.6 Å². The van der Waals surface area contributed by atoms with Crippen molar-refractivity contribution in [2.24, 2.45) is 5.92 Å². The molecular formula is C43H55F2N9O5. The van der Waals surface area contributed by atoms with Crippen molar-refractivity contribution in [2.75, 3.05) is 72.8 Å². The number of anilines is 4. The summed E-state index contributed by atoms with van der Waals surface area (Å²) >= 11 is 0. The van der Waals surface area contributed by atoms with E-state index in [0.717, 1.165) is 31.4 Å². The Labute approximate surface area is 343 Å². The minimum absolute atomic E-state index is 0.0435. The fraction of sp³-hybridized carbons (Fsp3) is 0.558. The molecule has 1 aromatic heterocycles. The highest BCUT2D eigenvalue weighted by Crippen LogP contribution is 2.33. The molecule has 2 aromatic carbocycles. The van der Waals surface area contributed by atoms with Crippen LogP contribution in [0.25, 0.3) is 11.3 Å². The molecule has 1 aliphatic carbocycles. The molecule has 1 saturated carbocycles. The molecule has 4 aliphatic heterocycles. The predicted octanol–water partition coefficient (Wildman–Crippen LogP) is 4.09. The third kappa shape index (κ3) is 9.60. The number of carbonyl (C=O) groups is 3. The molecule has 4 saturated heterocycles. The van der Waals surface area contributed by atoms with E-state index in [9.17, 15) is 24.6 Å². The van der Waals surface area contributed by atoms with Crippen LogP contribution in [0.5, 0.6) is 0 Å². The van der Waals surface area contributed by atoms with Crippen LogP contribution in [0, 0.1) is 17.6 Å². The van der Waals surface area contributed by atoms with Gasteiger partial charge in [-0.1, -0.05) is 12.1 Å². The number of hydrogen-bond acceptors (Lipinski definition) is 11. The van der Waals surface area contributed by atoms with E-state index >= 15 is 8.78 Å². The Kier molecular flexibility index (Phi) is 12.3. The van der Waals surface area contributed by atoms with Crippen molar-refractivity contribution in [3.8, 4) is 11.3 Å². The fourth-order valence-corrected chi connectivity index (χ4v) is 9.31. The van der Waals surface area contributed by atoms with Crippen LogP contribution in [0.2, 0.25) is 0 Å². The number of nitrogens with zero attached hydrogens (tertiary/aromatic N) is 6. The highest BCUT2D eigenvalue weighted by Gasteiger charge is 2.39. The third-order valence-electron chi connectivity index (χ3n) is 12.8. The number of likely N-dealkylation sites (tertiary alicyclic amines) is 1. The van der Waals surface area contributed by atoms with Crippen molar-refractivity contribution in [2.45, 2.75) is 94.5 Å². The lowest BCUT2D eigenvalue weighted by Gasteiger charge is -2.44. The number of benzene rings is 2. The molecule has 3 amide bonds. The standard InChI is InChI=1S/C43H55F2N9O5/c44-33-25-31(47-35-12-14-37(55)49-40(35)57)11-13-36(33)52-22-20-51(21-23-52)27-43(59)15-18-53(19-16-43)41(58)28-7-9-30(10-8-28)48-42-46-26-34(45)39(50-42)29-4-3-5-32(24-29)54-17-2-1-6-38(54)56/h3-5,11,13,24-26,28,30,35,37,47,55,59H,1-2,6-10,12,14-23,27H2,(H,49,57)(H,46,48,50). The first kappa shape index (κ1) is 40.8. The Hall–Kier alpha value is -4.93. The largest absolute Gasteiger partial charge is 0.388 e. The van der Waals surface area contributed by atoms with Crippen LogP contribution >= 0.6 is 0 Å². The van der Waals surface area contributed by atoms with Gasteiger partial charge in [-0.05, 0) is 94.5 Å². The molecule has 59 heavy (non-hydrogen) atoms. The highest BCUT2D eigenvalue weighted by molar-refractivity contribution is 5.94. The Bertz CT molecular complexity index is 2000. The molecule has 3 aromatic rings. The number of carbonyl (C=O) groups excluding carboxylic acids is 3. The van der Waals surface area contributed by atoms with E-state index in [1.165, 1.54) is 12.3 Å². The third-order valence-corrected chi connectivity index (χ3v) is 12.8. The van der Waals surface area contributed by atoms with E-state index in [1.807, 2.05) is 21.9 Å². The van der Waals surface area contributed by atoms with E-state index in [2.05, 4.69) is 30.8 Å². The topological polar surface area (TPSA) is 166 Å². The van der Waals surface area contributed by atoms with E-state index < -0.39 is 23.7 Å². The zero-order valence-corrected chi connectivity index (χ0v) is 33.4. The molecule has 2 atom stereocenters. The van der Waals surface area contributed by atoms with Crippen LogP contribution in [0.4, 0.5) is 31.8 Å². The van der Waals surface area contributed by atoms with Gasteiger partial charge in [-0.15, -0.1) is 0 Å². The van der Waals surface area contributed by atoms with Crippen LogP contribution in [-0.4, -0.2) is 124 Å². The zero-order chi connectivity index (χ0) is 41.1. The molecule has 8 rings (SSSR count). The zero-order valence-electron chi connectivity index (χ0n) is 33.4. The maximum atomic E-state index is 15.2. The summed E-state index contributed by atoms with van der Waals surface area (Å²) in [4.78, 5) is 54.9. The van der Waals surface area contributed by atoms with Crippen molar-refractivity contribution >= 4 is 40.7 Å². The first-order chi connectivity index (χ1) is 28.5. The lowest BCUT2D eigenvalue weighted by molar-refractivity contribution is -0.141. The Morgan fingerprint density at radius 1 is 0.881 bits per heavy atom. The van der Waals surface area contributed by atoms with Gasteiger partial charge in [0, 0.05) is 87.7 Å². The fourth-order valence-electron chi connectivity index (χ4n) is 9.31. The molecular weight excluding hydrogens is 761 g/mol. The second-order valence-electron chi connectivity index (χ2n) is 16.9. The molecule has 5 fully saturated rings. The molecule has 0 radical (unpaired) electrons. The molecule has 5 aliphatic rings. The van der Waals surface area contributed by atoms with Crippen molar-refractivity contribution in [1.29, 1.82) is 0 Å². The van der Waals surface area contributed by atoms with Gasteiger partial charge in [-0.25, -0.2) is 18.7 Å². The first-order valence-corrected chi connectivity index (χ1v) is 21.2. The number of β-amino-alcohol motifs (C(OH)–C–C–N with tert-alkyl or cyclic N) is 1. The number of aliphatic hydroxyl groups is 2. The summed E-state index contributed by atoms with van der Waals surface area (Å²) in [7, 11) is 0. The summed E-state index contributed by atoms with van der Waals surface area (Å²) in [5.41, 5.74) is 1.59. The minimum atomic E-state index is -0.902. The number of halogens is 2. The van der Waals surface area contributed by atoms with Gasteiger partial charge in [-0.2, -0.15) is 0 Å². The lowest BCUT2D eigenvalue weighted by Crippen LogP contribution is -2.56. The number of rotatable bonds is 10. The molecule has 2 unspecified atom stereocenters. The van der Waals surface area contributed by atoms with Crippen molar-refractivity contribution in [3.05, 3.63) is 60.3 Å². The van der Waals surface area contributed by atoms with E-state index in [0.29, 0.717) is 120 Å². The van der Waals surface area contributed by atoms with Crippen LogP contribution in [-0.2, 0) is 14.4 Å². The van der Waals surface area contributed by atoms with Gasteiger partial charge >= 0.3 is 0 Å². The van der Waals surface area contributed by atoms with E-state index in [1.54, 1.807) is 29.2 Å². The molecule has 316 valence electrons. The Morgan fingerprint density at radius 3 is 2.39 bits per heavy atom. The number of hydrogen-bond donors (Lipinski definition) is 5. The van der Waals surface area contributed by atoms with Crippen LogP contribution in [0.3, 0.4) is 0 Å². The molecule has 5 N–H and O–H groups in total. The van der Waals surface area contributed by atoms with Gasteiger partial charge in [0.15, 0.2) is 5.82 Å². The van der Waals surface area contributed by atoms with E-state index in [4.69, 9.17) is 0 Å². The van der Waals surface area contributed by atoms with Gasteiger partial charge in [0.05, 0.1) is 17.5 Å². The number of piperidine rings is 3. The van der Waals surface area contributed by atoms with Gasteiger partial charge in [0.2, 0.25) is 23.7 Å².